The number of rotatable bonds is 4. The molecule has 2 N–H and O–H groups in total. The monoisotopic (exact) mass is 211 g/mol. The normalized spacial score (nSPS) is 25.1. The summed E-state index contributed by atoms with van der Waals surface area (Å²) in [6.45, 7) is 1.89. The molecule has 0 radical (unpaired) electrons. The molecule has 2 aliphatic rings. The minimum absolute atomic E-state index is 0.0261. The largest absolute Gasteiger partial charge is 0.480 e. The van der Waals surface area contributed by atoms with Gasteiger partial charge in [0.05, 0.1) is 0 Å². The van der Waals surface area contributed by atoms with Crippen LogP contribution in [0.15, 0.2) is 0 Å². The molecule has 15 heavy (non-hydrogen) atoms. The van der Waals surface area contributed by atoms with Gasteiger partial charge in [0, 0.05) is 5.92 Å². The van der Waals surface area contributed by atoms with Crippen molar-refractivity contribution in [3.05, 3.63) is 0 Å². The highest BCUT2D eigenvalue weighted by Gasteiger charge is 2.47. The van der Waals surface area contributed by atoms with Crippen molar-refractivity contribution < 1.29 is 14.7 Å². The van der Waals surface area contributed by atoms with Gasteiger partial charge < -0.3 is 10.4 Å². The van der Waals surface area contributed by atoms with Crippen LogP contribution in [0, 0.1) is 11.8 Å². The van der Waals surface area contributed by atoms with Crippen LogP contribution in [-0.4, -0.2) is 22.5 Å². The number of aliphatic carboxylic acids is 1. The highest BCUT2D eigenvalue weighted by atomic mass is 16.4. The maximum Gasteiger partial charge on any atom is 0.329 e. The molecule has 1 unspecified atom stereocenters. The number of nitrogens with one attached hydrogen (secondary N) is 1. The van der Waals surface area contributed by atoms with Crippen LogP contribution in [0.5, 0.6) is 0 Å². The molecule has 2 aliphatic carbocycles. The molecule has 0 aromatic rings. The second kappa shape index (κ2) is 3.51. The number of carboxylic acid groups (broad SMARTS) is 1. The Morgan fingerprint density at radius 3 is 2.33 bits per heavy atom. The zero-order valence-corrected chi connectivity index (χ0v) is 8.95. The Balaban J connectivity index is 1.94. The first-order valence-corrected chi connectivity index (χ1v) is 5.60. The van der Waals surface area contributed by atoms with Gasteiger partial charge in [-0.2, -0.15) is 0 Å². The molecule has 0 heterocycles. The predicted octanol–water partition coefficient (Wildman–Crippen LogP) is 1.16. The predicted molar refractivity (Wildman–Crippen MR) is 54.2 cm³/mol. The number of carbonyl (C=O) groups excluding carboxylic acids is 1. The zero-order valence-electron chi connectivity index (χ0n) is 8.95. The van der Waals surface area contributed by atoms with Crippen LogP contribution in [0.2, 0.25) is 0 Å². The van der Waals surface area contributed by atoms with Crippen molar-refractivity contribution in [1.29, 1.82) is 0 Å². The van der Waals surface area contributed by atoms with Crippen molar-refractivity contribution in [3.8, 4) is 0 Å². The molecular formula is C11H17NO3. The summed E-state index contributed by atoms with van der Waals surface area (Å²) in [7, 11) is 0. The fraction of sp³-hybridized carbons (Fsp3) is 0.818. The van der Waals surface area contributed by atoms with Crippen LogP contribution in [0.4, 0.5) is 0 Å². The van der Waals surface area contributed by atoms with E-state index in [0.717, 1.165) is 19.3 Å². The van der Waals surface area contributed by atoms with E-state index in [0.29, 0.717) is 18.8 Å². The van der Waals surface area contributed by atoms with Crippen molar-refractivity contribution in [2.24, 2.45) is 11.8 Å². The molecule has 4 heteroatoms. The van der Waals surface area contributed by atoms with Crippen LogP contribution >= 0.6 is 0 Å². The number of carbonyl (C=O) groups is 2. The Morgan fingerprint density at radius 2 is 2.00 bits per heavy atom. The summed E-state index contributed by atoms with van der Waals surface area (Å²) in [5.74, 6) is -0.512. The van der Waals surface area contributed by atoms with Gasteiger partial charge >= 0.3 is 5.97 Å². The number of amides is 1. The summed E-state index contributed by atoms with van der Waals surface area (Å²) >= 11 is 0. The van der Waals surface area contributed by atoms with E-state index < -0.39 is 11.5 Å². The zero-order chi connectivity index (χ0) is 11.1. The van der Waals surface area contributed by atoms with E-state index in [-0.39, 0.29) is 11.8 Å². The van der Waals surface area contributed by atoms with Gasteiger partial charge in [0.2, 0.25) is 5.91 Å². The lowest BCUT2D eigenvalue weighted by atomic mass is 9.76. The highest BCUT2D eigenvalue weighted by molar-refractivity contribution is 5.88. The summed E-state index contributed by atoms with van der Waals surface area (Å²) < 4.78 is 0. The van der Waals surface area contributed by atoms with E-state index in [1.807, 2.05) is 6.92 Å². The molecule has 0 spiro atoms. The smallest absolute Gasteiger partial charge is 0.329 e. The molecule has 0 saturated heterocycles. The van der Waals surface area contributed by atoms with Crippen molar-refractivity contribution >= 4 is 11.9 Å². The molecule has 0 aromatic heterocycles. The quantitative estimate of drug-likeness (QED) is 0.733. The maximum atomic E-state index is 11.8. The number of carboxylic acids is 1. The van der Waals surface area contributed by atoms with Crippen molar-refractivity contribution in [2.45, 2.75) is 44.6 Å². The van der Waals surface area contributed by atoms with Gasteiger partial charge in [-0.15, -0.1) is 0 Å². The molecule has 0 aromatic carbocycles. The fourth-order valence-electron chi connectivity index (χ4n) is 2.08. The molecular weight excluding hydrogens is 194 g/mol. The van der Waals surface area contributed by atoms with Crippen molar-refractivity contribution in [1.82, 2.24) is 5.32 Å². The second-order valence-corrected chi connectivity index (χ2v) is 4.86. The summed E-state index contributed by atoms with van der Waals surface area (Å²) in [6.07, 6.45) is 4.25. The standard InChI is InChI=1S/C11H17NO3/c1-7(8-3-4-8)9(13)12-11(10(14)15)5-2-6-11/h7-8H,2-6H2,1H3,(H,12,13)(H,14,15). The van der Waals surface area contributed by atoms with E-state index in [4.69, 9.17) is 5.11 Å². The van der Waals surface area contributed by atoms with Crippen LogP contribution < -0.4 is 5.32 Å². The Kier molecular flexibility index (Phi) is 2.44. The van der Waals surface area contributed by atoms with E-state index in [1.54, 1.807) is 0 Å². The van der Waals surface area contributed by atoms with E-state index in [2.05, 4.69) is 5.32 Å². The molecule has 84 valence electrons. The first-order valence-electron chi connectivity index (χ1n) is 5.60. The van der Waals surface area contributed by atoms with E-state index in [9.17, 15) is 9.59 Å². The Morgan fingerprint density at radius 1 is 1.40 bits per heavy atom. The third-order valence-corrected chi connectivity index (χ3v) is 3.72. The molecule has 4 nitrogen and oxygen atoms in total. The molecule has 0 aliphatic heterocycles. The van der Waals surface area contributed by atoms with Crippen LogP contribution in [0.1, 0.15) is 39.0 Å². The minimum Gasteiger partial charge on any atom is -0.480 e. The lowest BCUT2D eigenvalue weighted by molar-refractivity contribution is -0.152. The average molecular weight is 211 g/mol. The Hall–Kier alpha value is -1.06. The summed E-state index contributed by atoms with van der Waals surface area (Å²) in [6, 6.07) is 0. The summed E-state index contributed by atoms with van der Waals surface area (Å²) in [4.78, 5) is 22.8. The third-order valence-electron chi connectivity index (χ3n) is 3.72. The molecule has 2 rings (SSSR count). The Labute approximate surface area is 89.0 Å². The van der Waals surface area contributed by atoms with Crippen LogP contribution in [-0.2, 0) is 9.59 Å². The molecule has 2 saturated carbocycles. The van der Waals surface area contributed by atoms with Gasteiger partial charge in [0.1, 0.15) is 5.54 Å². The van der Waals surface area contributed by atoms with Gasteiger partial charge in [-0.3, -0.25) is 4.79 Å². The highest BCUT2D eigenvalue weighted by Crippen LogP contribution is 2.38. The summed E-state index contributed by atoms with van der Waals surface area (Å²) in [5.41, 5.74) is -0.944. The van der Waals surface area contributed by atoms with Crippen LogP contribution in [0.25, 0.3) is 0 Å². The van der Waals surface area contributed by atoms with Gasteiger partial charge in [-0.1, -0.05) is 6.92 Å². The van der Waals surface area contributed by atoms with Crippen LogP contribution in [0.3, 0.4) is 0 Å². The van der Waals surface area contributed by atoms with E-state index in [1.165, 1.54) is 0 Å². The van der Waals surface area contributed by atoms with Gasteiger partial charge in [-0.25, -0.2) is 4.79 Å². The number of hydrogen-bond acceptors (Lipinski definition) is 2. The lowest BCUT2D eigenvalue weighted by Crippen LogP contribution is -2.60. The topological polar surface area (TPSA) is 66.4 Å². The summed E-state index contributed by atoms with van der Waals surface area (Å²) in [5, 5.41) is 11.8. The third kappa shape index (κ3) is 1.85. The van der Waals surface area contributed by atoms with Crippen molar-refractivity contribution in [3.63, 3.8) is 0 Å². The average Bonchev–Trinajstić information content (AvgIpc) is 2.91. The number of hydrogen-bond donors (Lipinski definition) is 2. The molecule has 0 bridgehead atoms. The van der Waals surface area contributed by atoms with Gasteiger partial charge in [0.15, 0.2) is 0 Å². The maximum absolute atomic E-state index is 11.8. The first kappa shape index (κ1) is 10.5. The van der Waals surface area contributed by atoms with Crippen molar-refractivity contribution in [2.75, 3.05) is 0 Å². The molecule has 2 fully saturated rings. The fourth-order valence-corrected chi connectivity index (χ4v) is 2.08. The second-order valence-electron chi connectivity index (χ2n) is 4.86. The minimum atomic E-state index is -0.944. The van der Waals surface area contributed by atoms with E-state index >= 15 is 0 Å². The molecule has 1 amide bonds. The SMILES string of the molecule is CC(C(=O)NC1(C(=O)O)CCC1)C1CC1. The lowest BCUT2D eigenvalue weighted by Gasteiger charge is -2.38. The van der Waals surface area contributed by atoms with Gasteiger partial charge in [0.25, 0.3) is 0 Å². The van der Waals surface area contributed by atoms with Gasteiger partial charge in [-0.05, 0) is 38.0 Å². The molecule has 1 atom stereocenters. The Bertz CT molecular complexity index is 292. The first-order chi connectivity index (χ1) is 7.05.